The molecule has 0 radical (unpaired) electrons. The van der Waals surface area contributed by atoms with Crippen molar-refractivity contribution < 1.29 is 25.3 Å². The van der Waals surface area contributed by atoms with Crippen LogP contribution in [0.3, 0.4) is 0 Å². The molecule has 0 aromatic heterocycles. The van der Waals surface area contributed by atoms with Crippen LogP contribution in [0.2, 0.25) is 0 Å². The summed E-state index contributed by atoms with van der Waals surface area (Å²) < 4.78 is 0. The Morgan fingerprint density at radius 2 is 1.93 bits per heavy atom. The van der Waals surface area contributed by atoms with E-state index < -0.39 is 23.8 Å². The number of carboxylic acid groups (broad SMARTS) is 2. The number of allylic oxidation sites excluding steroid dienone is 1. The number of carbonyl (C=O) groups is 2. The second-order valence-electron chi connectivity index (χ2n) is 3.66. The molecule has 1 saturated carbocycles. The Morgan fingerprint density at radius 1 is 1.29 bits per heavy atom. The molecule has 0 saturated heterocycles. The van der Waals surface area contributed by atoms with Gasteiger partial charge in [0, 0.05) is 0 Å². The Hall–Kier alpha value is -1.36. The van der Waals surface area contributed by atoms with Crippen LogP contribution in [0.15, 0.2) is 11.6 Å². The van der Waals surface area contributed by atoms with Crippen LogP contribution in [-0.4, -0.2) is 27.6 Å². The van der Waals surface area contributed by atoms with Crippen LogP contribution < -0.4 is 0 Å². The van der Waals surface area contributed by atoms with Gasteiger partial charge in [0.15, 0.2) is 0 Å². The quantitative estimate of drug-likeness (QED) is 0.607. The van der Waals surface area contributed by atoms with Crippen molar-refractivity contribution in [3.05, 3.63) is 11.6 Å². The van der Waals surface area contributed by atoms with E-state index in [1.807, 2.05) is 6.08 Å². The van der Waals surface area contributed by atoms with Gasteiger partial charge in [-0.2, -0.15) is 0 Å². The molecule has 0 aromatic rings. The molecule has 0 spiro atoms. The van der Waals surface area contributed by atoms with Crippen LogP contribution in [0.5, 0.6) is 0 Å². The average molecular weight is 200 g/mol. The van der Waals surface area contributed by atoms with E-state index in [9.17, 15) is 9.59 Å². The summed E-state index contributed by atoms with van der Waals surface area (Å²) in [7, 11) is 0. The SMILES string of the molecule is O.O=C(O)C1C2=CCC(C2)C1C(=O)O. The maximum atomic E-state index is 10.8. The number of rotatable bonds is 2. The van der Waals surface area contributed by atoms with Crippen molar-refractivity contribution in [3.8, 4) is 0 Å². The van der Waals surface area contributed by atoms with Crippen molar-refractivity contribution in [2.24, 2.45) is 17.8 Å². The molecule has 5 heteroatoms. The highest BCUT2D eigenvalue weighted by molar-refractivity contribution is 5.84. The summed E-state index contributed by atoms with van der Waals surface area (Å²) in [5.41, 5.74) is 0.810. The molecule has 2 rings (SSSR count). The lowest BCUT2D eigenvalue weighted by Crippen LogP contribution is -2.31. The van der Waals surface area contributed by atoms with E-state index >= 15 is 0 Å². The first kappa shape index (κ1) is 10.7. The van der Waals surface area contributed by atoms with E-state index in [0.717, 1.165) is 12.0 Å². The molecule has 14 heavy (non-hydrogen) atoms. The van der Waals surface area contributed by atoms with Crippen LogP contribution >= 0.6 is 0 Å². The topological polar surface area (TPSA) is 106 Å². The summed E-state index contributed by atoms with van der Waals surface area (Å²) in [6.07, 6.45) is 3.27. The number of hydrogen-bond donors (Lipinski definition) is 2. The van der Waals surface area contributed by atoms with Crippen LogP contribution in [0.1, 0.15) is 12.8 Å². The number of carboxylic acids is 2. The standard InChI is InChI=1S/C9H10O4.H2O/c10-8(11)6-4-1-2-5(3-4)7(6)9(12)13;/h1,5-7H,2-3H2,(H,10,11)(H,12,13);1H2. The smallest absolute Gasteiger partial charge is 0.311 e. The van der Waals surface area contributed by atoms with Gasteiger partial charge in [0.1, 0.15) is 0 Å². The highest BCUT2D eigenvalue weighted by Gasteiger charge is 2.50. The highest BCUT2D eigenvalue weighted by atomic mass is 16.4. The Morgan fingerprint density at radius 3 is 2.36 bits per heavy atom. The fraction of sp³-hybridized carbons (Fsp3) is 0.556. The van der Waals surface area contributed by atoms with Gasteiger partial charge in [0.05, 0.1) is 11.8 Å². The van der Waals surface area contributed by atoms with E-state index in [1.54, 1.807) is 0 Å². The Bertz CT molecular complexity index is 306. The molecule has 0 heterocycles. The summed E-state index contributed by atoms with van der Waals surface area (Å²) in [4.78, 5) is 21.6. The van der Waals surface area contributed by atoms with E-state index in [1.165, 1.54) is 0 Å². The maximum Gasteiger partial charge on any atom is 0.311 e. The first-order chi connectivity index (χ1) is 6.11. The minimum atomic E-state index is -0.999. The molecule has 0 amide bonds. The second kappa shape index (κ2) is 3.42. The fourth-order valence-electron chi connectivity index (χ4n) is 2.46. The van der Waals surface area contributed by atoms with Gasteiger partial charge in [-0.15, -0.1) is 0 Å². The van der Waals surface area contributed by atoms with Crippen LogP contribution in [0, 0.1) is 17.8 Å². The largest absolute Gasteiger partial charge is 0.481 e. The molecule has 3 atom stereocenters. The number of hydrogen-bond acceptors (Lipinski definition) is 2. The molecule has 2 aliphatic rings. The number of aliphatic carboxylic acids is 2. The van der Waals surface area contributed by atoms with Gasteiger partial charge in [0.2, 0.25) is 0 Å². The summed E-state index contributed by atoms with van der Waals surface area (Å²) in [6.45, 7) is 0. The summed E-state index contributed by atoms with van der Waals surface area (Å²) >= 11 is 0. The predicted octanol–water partition coefficient (Wildman–Crippen LogP) is -0.0867. The molecular formula is C9H12O5. The normalized spacial score (nSPS) is 33.4. The molecule has 1 fully saturated rings. The molecule has 5 nitrogen and oxygen atoms in total. The zero-order chi connectivity index (χ0) is 9.59. The van der Waals surface area contributed by atoms with Gasteiger partial charge in [-0.05, 0) is 18.8 Å². The lowest BCUT2D eigenvalue weighted by Gasteiger charge is -2.19. The first-order valence-electron chi connectivity index (χ1n) is 4.26. The van der Waals surface area contributed by atoms with Crippen LogP contribution in [0.25, 0.3) is 0 Å². The van der Waals surface area contributed by atoms with Crippen molar-refractivity contribution in [1.29, 1.82) is 0 Å². The van der Waals surface area contributed by atoms with Gasteiger partial charge < -0.3 is 15.7 Å². The lowest BCUT2D eigenvalue weighted by atomic mass is 9.84. The van der Waals surface area contributed by atoms with Crippen molar-refractivity contribution in [3.63, 3.8) is 0 Å². The minimum Gasteiger partial charge on any atom is -0.481 e. The van der Waals surface area contributed by atoms with E-state index in [2.05, 4.69) is 0 Å². The van der Waals surface area contributed by atoms with Gasteiger partial charge in [-0.1, -0.05) is 11.6 Å². The molecule has 4 N–H and O–H groups in total. The van der Waals surface area contributed by atoms with E-state index in [4.69, 9.17) is 10.2 Å². The van der Waals surface area contributed by atoms with Crippen molar-refractivity contribution in [1.82, 2.24) is 0 Å². The Labute approximate surface area is 80.3 Å². The Balaban J connectivity index is 0.000000980. The van der Waals surface area contributed by atoms with Gasteiger partial charge in [-0.25, -0.2) is 0 Å². The van der Waals surface area contributed by atoms with Crippen LogP contribution in [-0.2, 0) is 9.59 Å². The molecule has 2 aliphatic carbocycles. The van der Waals surface area contributed by atoms with Crippen LogP contribution in [0.4, 0.5) is 0 Å². The zero-order valence-corrected chi connectivity index (χ0v) is 7.43. The summed E-state index contributed by atoms with van der Waals surface area (Å²) in [5.74, 6) is -3.41. The van der Waals surface area contributed by atoms with Gasteiger partial charge in [-0.3, -0.25) is 9.59 Å². The van der Waals surface area contributed by atoms with Crippen molar-refractivity contribution in [2.45, 2.75) is 12.8 Å². The van der Waals surface area contributed by atoms with E-state index in [-0.39, 0.29) is 11.4 Å². The fourth-order valence-corrected chi connectivity index (χ4v) is 2.46. The third-order valence-corrected chi connectivity index (χ3v) is 3.00. The molecule has 0 aliphatic heterocycles. The second-order valence-corrected chi connectivity index (χ2v) is 3.66. The molecule has 3 unspecified atom stereocenters. The molecular weight excluding hydrogens is 188 g/mol. The third-order valence-electron chi connectivity index (χ3n) is 3.00. The first-order valence-corrected chi connectivity index (χ1v) is 4.26. The lowest BCUT2D eigenvalue weighted by molar-refractivity contribution is -0.152. The molecule has 78 valence electrons. The third kappa shape index (κ3) is 1.29. The Kier molecular flexibility index (Phi) is 2.62. The van der Waals surface area contributed by atoms with Gasteiger partial charge >= 0.3 is 11.9 Å². The summed E-state index contributed by atoms with van der Waals surface area (Å²) in [5, 5.41) is 17.7. The predicted molar refractivity (Wildman–Crippen MR) is 46.7 cm³/mol. The zero-order valence-electron chi connectivity index (χ0n) is 7.43. The summed E-state index contributed by atoms with van der Waals surface area (Å²) in [6, 6.07) is 0. The average Bonchev–Trinajstić information content (AvgIpc) is 2.60. The molecule has 0 aromatic carbocycles. The highest BCUT2D eigenvalue weighted by Crippen LogP contribution is 2.48. The van der Waals surface area contributed by atoms with E-state index in [0.29, 0.717) is 6.42 Å². The molecule has 2 bridgehead atoms. The monoisotopic (exact) mass is 200 g/mol. The minimum absolute atomic E-state index is 0. The van der Waals surface area contributed by atoms with Crippen molar-refractivity contribution >= 4 is 11.9 Å². The van der Waals surface area contributed by atoms with Gasteiger partial charge in [0.25, 0.3) is 0 Å². The number of fused-ring (bicyclic) bond motifs is 2. The maximum absolute atomic E-state index is 10.8. The van der Waals surface area contributed by atoms with Crippen molar-refractivity contribution in [2.75, 3.05) is 0 Å².